The molecule has 0 aromatic rings. The van der Waals surface area contributed by atoms with Crippen LogP contribution in [0.3, 0.4) is 0 Å². The molecular formula is C21H39NO4. The molecule has 1 unspecified atom stereocenters. The number of hydrogen-bond acceptors (Lipinski definition) is 4. The molecule has 1 atom stereocenters. The van der Waals surface area contributed by atoms with Crippen molar-refractivity contribution in [1.82, 2.24) is 4.90 Å². The van der Waals surface area contributed by atoms with Crippen LogP contribution in [0.1, 0.15) is 96.8 Å². The van der Waals surface area contributed by atoms with Gasteiger partial charge in [-0.2, -0.15) is 0 Å². The van der Waals surface area contributed by atoms with Gasteiger partial charge in [0, 0.05) is 6.54 Å². The van der Waals surface area contributed by atoms with Gasteiger partial charge in [0.15, 0.2) is 0 Å². The number of carboxylic acid groups (broad SMARTS) is 1. The highest BCUT2D eigenvalue weighted by Gasteiger charge is 2.30. The fourth-order valence-electron chi connectivity index (χ4n) is 3.63. The second-order valence-electron chi connectivity index (χ2n) is 7.54. The summed E-state index contributed by atoms with van der Waals surface area (Å²) in [5.74, 6) is -0.982. The molecular weight excluding hydrogens is 330 g/mol. The van der Waals surface area contributed by atoms with Crippen LogP contribution in [0.2, 0.25) is 0 Å². The third-order valence-corrected chi connectivity index (χ3v) is 5.26. The molecule has 5 heteroatoms. The van der Waals surface area contributed by atoms with Crippen molar-refractivity contribution in [2.45, 2.75) is 103 Å². The maximum Gasteiger partial charge on any atom is 0.320 e. The smallest absolute Gasteiger partial charge is 0.320 e. The summed E-state index contributed by atoms with van der Waals surface area (Å²) in [6.45, 7) is 4.01. The Morgan fingerprint density at radius 3 is 2.12 bits per heavy atom. The average molecular weight is 370 g/mol. The monoisotopic (exact) mass is 369 g/mol. The number of unbranched alkanes of at least 4 members (excludes halogenated alkanes) is 10. The minimum atomic E-state index is -0.781. The van der Waals surface area contributed by atoms with Crippen molar-refractivity contribution < 1.29 is 19.4 Å². The second kappa shape index (κ2) is 15.0. The van der Waals surface area contributed by atoms with Crippen LogP contribution in [0.25, 0.3) is 0 Å². The molecule has 0 aromatic carbocycles. The van der Waals surface area contributed by atoms with Gasteiger partial charge in [0.1, 0.15) is 6.04 Å². The number of ether oxygens (including phenoxy) is 1. The van der Waals surface area contributed by atoms with Crippen molar-refractivity contribution in [3.8, 4) is 0 Å². The van der Waals surface area contributed by atoms with Gasteiger partial charge in [0.25, 0.3) is 0 Å². The highest BCUT2D eigenvalue weighted by molar-refractivity contribution is 5.74. The standard InChI is InChI=1S/C21H39NO4/c1-2-3-4-5-6-7-8-9-10-11-12-18-26-20(23)15-17-22-16-13-14-19(22)21(24)25/h19H,2-18H2,1H3,(H,24,25). The molecule has 1 saturated heterocycles. The number of hydrogen-bond donors (Lipinski definition) is 1. The maximum absolute atomic E-state index is 11.8. The summed E-state index contributed by atoms with van der Waals surface area (Å²) in [6.07, 6.45) is 15.9. The number of carbonyl (C=O) groups excluding carboxylic acids is 1. The van der Waals surface area contributed by atoms with E-state index < -0.39 is 12.0 Å². The Hall–Kier alpha value is -1.10. The summed E-state index contributed by atoms with van der Waals surface area (Å²) in [5.41, 5.74) is 0. The van der Waals surface area contributed by atoms with Crippen molar-refractivity contribution in [3.05, 3.63) is 0 Å². The normalized spacial score (nSPS) is 17.5. The third kappa shape index (κ3) is 10.8. The molecule has 0 radical (unpaired) electrons. The predicted octanol–water partition coefficient (Wildman–Crippen LogP) is 4.78. The minimum Gasteiger partial charge on any atom is -0.480 e. The van der Waals surface area contributed by atoms with Crippen LogP contribution in [0, 0.1) is 0 Å². The summed E-state index contributed by atoms with van der Waals surface area (Å²) in [6, 6.07) is -0.422. The van der Waals surface area contributed by atoms with Crippen LogP contribution in [-0.4, -0.2) is 47.7 Å². The fourth-order valence-corrected chi connectivity index (χ4v) is 3.63. The lowest BCUT2D eigenvalue weighted by Gasteiger charge is -2.20. The molecule has 1 N–H and O–H groups in total. The summed E-state index contributed by atoms with van der Waals surface area (Å²) < 4.78 is 5.27. The zero-order valence-corrected chi connectivity index (χ0v) is 16.7. The molecule has 0 amide bonds. The van der Waals surface area contributed by atoms with E-state index in [0.717, 1.165) is 25.8 Å². The molecule has 0 bridgehead atoms. The van der Waals surface area contributed by atoms with Gasteiger partial charge in [-0.25, -0.2) is 0 Å². The van der Waals surface area contributed by atoms with E-state index in [9.17, 15) is 9.59 Å². The van der Waals surface area contributed by atoms with Gasteiger partial charge in [0.2, 0.25) is 0 Å². The molecule has 0 aromatic heterocycles. The van der Waals surface area contributed by atoms with E-state index in [0.29, 0.717) is 26.0 Å². The van der Waals surface area contributed by atoms with Crippen LogP contribution in [0.15, 0.2) is 0 Å². The van der Waals surface area contributed by atoms with Crippen molar-refractivity contribution in [1.29, 1.82) is 0 Å². The van der Waals surface area contributed by atoms with E-state index in [1.807, 2.05) is 4.90 Å². The molecule has 1 heterocycles. The first-order valence-corrected chi connectivity index (χ1v) is 10.8. The van der Waals surface area contributed by atoms with Crippen LogP contribution >= 0.6 is 0 Å². The third-order valence-electron chi connectivity index (χ3n) is 5.26. The summed E-state index contributed by atoms with van der Waals surface area (Å²) in [5, 5.41) is 9.12. The predicted molar refractivity (Wildman–Crippen MR) is 104 cm³/mol. The van der Waals surface area contributed by atoms with E-state index in [1.54, 1.807) is 0 Å². The molecule has 26 heavy (non-hydrogen) atoms. The highest BCUT2D eigenvalue weighted by Crippen LogP contribution is 2.17. The topological polar surface area (TPSA) is 66.8 Å². The molecule has 5 nitrogen and oxygen atoms in total. The van der Waals surface area contributed by atoms with Gasteiger partial charge in [0.05, 0.1) is 13.0 Å². The molecule has 0 saturated carbocycles. The molecule has 152 valence electrons. The van der Waals surface area contributed by atoms with E-state index in [2.05, 4.69) is 6.92 Å². The first-order chi connectivity index (χ1) is 12.6. The summed E-state index contributed by atoms with van der Waals surface area (Å²) >= 11 is 0. The average Bonchev–Trinajstić information content (AvgIpc) is 3.10. The first-order valence-electron chi connectivity index (χ1n) is 10.8. The fraction of sp³-hybridized carbons (Fsp3) is 0.905. The molecule has 1 aliphatic rings. The molecule has 0 spiro atoms. The number of aliphatic carboxylic acids is 1. The van der Waals surface area contributed by atoms with Gasteiger partial charge in [-0.3, -0.25) is 14.5 Å². The summed E-state index contributed by atoms with van der Waals surface area (Å²) in [4.78, 5) is 24.7. The Morgan fingerprint density at radius 1 is 0.962 bits per heavy atom. The van der Waals surface area contributed by atoms with Gasteiger partial charge in [-0.15, -0.1) is 0 Å². The van der Waals surface area contributed by atoms with Crippen molar-refractivity contribution in [2.24, 2.45) is 0 Å². The van der Waals surface area contributed by atoms with Crippen LogP contribution in [0.4, 0.5) is 0 Å². The van der Waals surface area contributed by atoms with Crippen molar-refractivity contribution >= 4 is 11.9 Å². The quantitative estimate of drug-likeness (QED) is 0.313. The SMILES string of the molecule is CCCCCCCCCCCCCOC(=O)CCN1CCCC1C(=O)O. The number of nitrogens with zero attached hydrogens (tertiary/aromatic N) is 1. The Kier molecular flexibility index (Phi) is 13.2. The number of likely N-dealkylation sites (tertiary alicyclic amines) is 1. The van der Waals surface area contributed by atoms with E-state index in [1.165, 1.54) is 57.8 Å². The van der Waals surface area contributed by atoms with Gasteiger partial charge >= 0.3 is 11.9 Å². The largest absolute Gasteiger partial charge is 0.480 e. The van der Waals surface area contributed by atoms with Gasteiger partial charge < -0.3 is 9.84 Å². The van der Waals surface area contributed by atoms with Crippen LogP contribution in [-0.2, 0) is 14.3 Å². The Bertz CT molecular complexity index is 386. The van der Waals surface area contributed by atoms with E-state index >= 15 is 0 Å². The molecule has 1 aliphatic heterocycles. The lowest BCUT2D eigenvalue weighted by atomic mass is 10.1. The molecule has 0 aliphatic carbocycles. The number of esters is 1. The Morgan fingerprint density at radius 2 is 1.54 bits per heavy atom. The van der Waals surface area contributed by atoms with E-state index in [4.69, 9.17) is 9.84 Å². The zero-order chi connectivity index (χ0) is 19.0. The van der Waals surface area contributed by atoms with Gasteiger partial charge in [-0.1, -0.05) is 71.1 Å². The maximum atomic E-state index is 11.8. The molecule has 1 rings (SSSR count). The van der Waals surface area contributed by atoms with Crippen molar-refractivity contribution in [2.75, 3.05) is 19.7 Å². The second-order valence-corrected chi connectivity index (χ2v) is 7.54. The van der Waals surface area contributed by atoms with Crippen molar-refractivity contribution in [3.63, 3.8) is 0 Å². The highest BCUT2D eigenvalue weighted by atomic mass is 16.5. The van der Waals surface area contributed by atoms with Gasteiger partial charge in [-0.05, 0) is 25.8 Å². The number of carboxylic acids is 1. The van der Waals surface area contributed by atoms with Crippen LogP contribution < -0.4 is 0 Å². The van der Waals surface area contributed by atoms with E-state index in [-0.39, 0.29) is 5.97 Å². The molecule has 1 fully saturated rings. The van der Waals surface area contributed by atoms with Crippen LogP contribution in [0.5, 0.6) is 0 Å². The minimum absolute atomic E-state index is 0.201. The Labute approximate surface area is 159 Å². The lowest BCUT2D eigenvalue weighted by molar-refractivity contribution is -0.146. The Balaban J connectivity index is 1.87. The number of carbonyl (C=O) groups is 2. The zero-order valence-electron chi connectivity index (χ0n) is 16.7. The lowest BCUT2D eigenvalue weighted by Crippen LogP contribution is -2.37. The number of rotatable bonds is 16. The summed E-state index contributed by atoms with van der Waals surface area (Å²) in [7, 11) is 0. The first kappa shape index (κ1) is 22.9.